The topological polar surface area (TPSA) is 48.5 Å². The fraction of sp³-hybridized carbons (Fsp3) is 0.400. The lowest BCUT2D eigenvalue weighted by Gasteiger charge is -2.34. The van der Waals surface area contributed by atoms with Gasteiger partial charge in [-0.1, -0.05) is 23.8 Å². The molecule has 1 saturated heterocycles. The minimum Gasteiger partial charge on any atom is -0.322 e. The van der Waals surface area contributed by atoms with Gasteiger partial charge >= 0.3 is 6.03 Å². The zero-order valence-corrected chi connectivity index (χ0v) is 15.2. The number of aromatic nitrogens is 1. The Balaban J connectivity index is 1.55. The Kier molecular flexibility index (Phi) is 5.34. The number of carbonyl (C=O) groups is 1. The second-order valence-corrected chi connectivity index (χ2v) is 6.79. The predicted molar refractivity (Wildman–Crippen MR) is 101 cm³/mol. The van der Waals surface area contributed by atoms with Crippen LogP contribution in [0.5, 0.6) is 0 Å². The van der Waals surface area contributed by atoms with Crippen LogP contribution >= 0.6 is 0 Å². The van der Waals surface area contributed by atoms with Crippen LogP contribution in [0, 0.1) is 20.8 Å². The van der Waals surface area contributed by atoms with Crippen LogP contribution in [-0.2, 0) is 6.54 Å². The molecule has 1 aliphatic heterocycles. The Morgan fingerprint density at radius 3 is 2.36 bits per heavy atom. The molecule has 2 aromatic rings. The van der Waals surface area contributed by atoms with Gasteiger partial charge in [-0.3, -0.25) is 9.88 Å². The summed E-state index contributed by atoms with van der Waals surface area (Å²) in [6.45, 7) is 10.2. The number of urea groups is 1. The molecule has 1 fully saturated rings. The third-order valence-corrected chi connectivity index (χ3v) is 4.68. The molecule has 25 heavy (non-hydrogen) atoms. The van der Waals surface area contributed by atoms with Crippen LogP contribution in [-0.4, -0.2) is 47.0 Å². The maximum atomic E-state index is 12.6. The molecule has 0 unspecified atom stereocenters. The van der Waals surface area contributed by atoms with Gasteiger partial charge in [-0.2, -0.15) is 0 Å². The summed E-state index contributed by atoms with van der Waals surface area (Å²) in [7, 11) is 0. The zero-order chi connectivity index (χ0) is 17.8. The average Bonchev–Trinajstić information content (AvgIpc) is 2.59. The van der Waals surface area contributed by atoms with Crippen LogP contribution in [0.1, 0.15) is 22.4 Å². The van der Waals surface area contributed by atoms with E-state index in [1.54, 1.807) is 0 Å². The summed E-state index contributed by atoms with van der Waals surface area (Å²) >= 11 is 0. The molecular weight excluding hydrogens is 312 g/mol. The number of amides is 2. The van der Waals surface area contributed by atoms with E-state index in [1.165, 1.54) is 5.56 Å². The fourth-order valence-electron chi connectivity index (χ4n) is 3.39. The van der Waals surface area contributed by atoms with Crippen LogP contribution in [0.2, 0.25) is 0 Å². The van der Waals surface area contributed by atoms with E-state index in [-0.39, 0.29) is 6.03 Å². The van der Waals surface area contributed by atoms with Crippen molar-refractivity contribution in [3.8, 4) is 0 Å². The lowest BCUT2D eigenvalue weighted by molar-refractivity contribution is 0.142. The van der Waals surface area contributed by atoms with Gasteiger partial charge in [-0.25, -0.2) is 4.79 Å². The first kappa shape index (κ1) is 17.4. The van der Waals surface area contributed by atoms with Crippen LogP contribution in [0.4, 0.5) is 10.5 Å². The number of nitrogens with zero attached hydrogens (tertiary/aromatic N) is 3. The standard InChI is InChI=1S/C20H26N4O/c1-15-12-16(2)19(17(3)13-15)22-20(25)24-10-8-23(9-11-24)14-18-6-4-5-7-21-18/h4-7,12-13H,8-11,14H2,1-3H3,(H,22,25). The summed E-state index contributed by atoms with van der Waals surface area (Å²) < 4.78 is 0. The first-order valence-corrected chi connectivity index (χ1v) is 8.79. The van der Waals surface area contributed by atoms with Gasteiger partial charge in [-0.05, 0) is 44.0 Å². The zero-order valence-electron chi connectivity index (χ0n) is 15.2. The number of piperazine rings is 1. The number of carbonyl (C=O) groups excluding carboxylic acids is 1. The number of hydrogen-bond acceptors (Lipinski definition) is 3. The molecule has 1 aliphatic rings. The molecule has 0 spiro atoms. The van der Waals surface area contributed by atoms with Gasteiger partial charge in [0.15, 0.2) is 0 Å². The van der Waals surface area contributed by atoms with Crippen molar-refractivity contribution >= 4 is 11.7 Å². The van der Waals surface area contributed by atoms with E-state index in [2.05, 4.69) is 34.3 Å². The maximum Gasteiger partial charge on any atom is 0.321 e. The first-order valence-electron chi connectivity index (χ1n) is 8.79. The van der Waals surface area contributed by atoms with E-state index in [0.29, 0.717) is 0 Å². The number of rotatable bonds is 3. The molecule has 2 heterocycles. The van der Waals surface area contributed by atoms with Crippen molar-refractivity contribution in [1.82, 2.24) is 14.8 Å². The Morgan fingerprint density at radius 1 is 1.08 bits per heavy atom. The minimum atomic E-state index is -0.00691. The fourth-order valence-corrected chi connectivity index (χ4v) is 3.39. The summed E-state index contributed by atoms with van der Waals surface area (Å²) in [6, 6.07) is 10.2. The summed E-state index contributed by atoms with van der Waals surface area (Å²) in [5.74, 6) is 0. The summed E-state index contributed by atoms with van der Waals surface area (Å²) in [5, 5.41) is 3.10. The van der Waals surface area contributed by atoms with Crippen molar-refractivity contribution < 1.29 is 4.79 Å². The molecule has 0 aliphatic carbocycles. The van der Waals surface area contributed by atoms with Gasteiger partial charge in [0.25, 0.3) is 0 Å². The normalized spacial score (nSPS) is 15.2. The monoisotopic (exact) mass is 338 g/mol. The minimum absolute atomic E-state index is 0.00691. The highest BCUT2D eigenvalue weighted by atomic mass is 16.2. The molecule has 1 N–H and O–H groups in total. The highest BCUT2D eigenvalue weighted by Crippen LogP contribution is 2.22. The van der Waals surface area contributed by atoms with Gasteiger partial charge in [0.05, 0.1) is 5.69 Å². The Labute approximate surface area is 149 Å². The van der Waals surface area contributed by atoms with Crippen molar-refractivity contribution in [1.29, 1.82) is 0 Å². The van der Waals surface area contributed by atoms with Crippen molar-refractivity contribution in [3.05, 3.63) is 58.9 Å². The molecule has 132 valence electrons. The van der Waals surface area contributed by atoms with Gasteiger partial charge in [0.2, 0.25) is 0 Å². The van der Waals surface area contributed by atoms with Crippen molar-refractivity contribution in [2.24, 2.45) is 0 Å². The van der Waals surface area contributed by atoms with Crippen LogP contribution in [0.25, 0.3) is 0 Å². The third kappa shape index (κ3) is 4.37. The second kappa shape index (κ2) is 7.66. The predicted octanol–water partition coefficient (Wildman–Crippen LogP) is 3.36. The largest absolute Gasteiger partial charge is 0.322 e. The quantitative estimate of drug-likeness (QED) is 0.933. The number of hydrogen-bond donors (Lipinski definition) is 1. The smallest absolute Gasteiger partial charge is 0.321 e. The molecule has 5 nitrogen and oxygen atoms in total. The van der Waals surface area contributed by atoms with Crippen LogP contribution in [0.3, 0.4) is 0 Å². The molecule has 0 saturated carbocycles. The Bertz CT molecular complexity index is 714. The highest BCUT2D eigenvalue weighted by Gasteiger charge is 2.22. The lowest BCUT2D eigenvalue weighted by atomic mass is 10.1. The van der Waals surface area contributed by atoms with Crippen LogP contribution in [0.15, 0.2) is 36.5 Å². The van der Waals surface area contributed by atoms with E-state index in [0.717, 1.165) is 55.2 Å². The number of nitrogens with one attached hydrogen (secondary N) is 1. The molecule has 1 aromatic carbocycles. The first-order chi connectivity index (χ1) is 12.0. The number of anilines is 1. The summed E-state index contributed by atoms with van der Waals surface area (Å²) in [4.78, 5) is 21.2. The molecular formula is C20H26N4O. The second-order valence-electron chi connectivity index (χ2n) is 6.79. The Morgan fingerprint density at radius 2 is 1.76 bits per heavy atom. The number of pyridine rings is 1. The van der Waals surface area contributed by atoms with Gasteiger partial charge in [0, 0.05) is 44.6 Å². The van der Waals surface area contributed by atoms with Crippen molar-refractivity contribution in [2.45, 2.75) is 27.3 Å². The van der Waals surface area contributed by atoms with E-state index >= 15 is 0 Å². The Hall–Kier alpha value is -2.40. The molecule has 2 amide bonds. The molecule has 1 aromatic heterocycles. The third-order valence-electron chi connectivity index (χ3n) is 4.68. The van der Waals surface area contributed by atoms with Gasteiger partial charge < -0.3 is 10.2 Å². The molecule has 3 rings (SSSR count). The van der Waals surface area contributed by atoms with Gasteiger partial charge in [-0.15, -0.1) is 0 Å². The molecule has 5 heteroatoms. The van der Waals surface area contributed by atoms with E-state index in [9.17, 15) is 4.79 Å². The summed E-state index contributed by atoms with van der Waals surface area (Å²) in [5.41, 5.74) is 5.45. The SMILES string of the molecule is Cc1cc(C)c(NC(=O)N2CCN(Cc3ccccn3)CC2)c(C)c1. The van der Waals surface area contributed by atoms with E-state index in [4.69, 9.17) is 0 Å². The van der Waals surface area contributed by atoms with Gasteiger partial charge in [0.1, 0.15) is 0 Å². The number of aryl methyl sites for hydroxylation is 3. The van der Waals surface area contributed by atoms with E-state index < -0.39 is 0 Å². The average molecular weight is 338 g/mol. The number of benzene rings is 1. The molecule has 0 bridgehead atoms. The highest BCUT2D eigenvalue weighted by molar-refractivity contribution is 5.91. The lowest BCUT2D eigenvalue weighted by Crippen LogP contribution is -2.49. The maximum absolute atomic E-state index is 12.6. The van der Waals surface area contributed by atoms with Crippen LogP contribution < -0.4 is 5.32 Å². The summed E-state index contributed by atoms with van der Waals surface area (Å²) in [6.07, 6.45) is 1.82. The van der Waals surface area contributed by atoms with Crippen molar-refractivity contribution in [2.75, 3.05) is 31.5 Å². The van der Waals surface area contributed by atoms with Crippen molar-refractivity contribution in [3.63, 3.8) is 0 Å². The van der Waals surface area contributed by atoms with E-state index in [1.807, 2.05) is 43.1 Å². The molecule has 0 radical (unpaired) electrons. The molecule has 0 atom stereocenters.